The molecule has 0 saturated carbocycles. The van der Waals surface area contributed by atoms with E-state index in [1.165, 1.54) is 0 Å². The van der Waals surface area contributed by atoms with Crippen LogP contribution in [0.15, 0.2) is 22.7 Å². The Bertz CT molecular complexity index is 232. The van der Waals surface area contributed by atoms with Crippen molar-refractivity contribution in [2.45, 2.75) is 12.5 Å². The first-order valence-electron chi connectivity index (χ1n) is 3.56. The second kappa shape index (κ2) is 4.42. The molecule has 4 heteroatoms. The summed E-state index contributed by atoms with van der Waals surface area (Å²) in [7, 11) is 0. The average molecular weight is 233 g/mol. The smallest absolute Gasteiger partial charge is 0.329 e. The maximum atomic E-state index is 10.1. The molecule has 0 aromatic rings. The van der Waals surface area contributed by atoms with Crippen LogP contribution in [0.1, 0.15) is 6.42 Å². The lowest BCUT2D eigenvalue weighted by Gasteiger charge is -2.13. The fourth-order valence-electron chi connectivity index (χ4n) is 0.877. The Morgan fingerprint density at radius 1 is 1.83 bits per heavy atom. The Morgan fingerprint density at radius 2 is 2.58 bits per heavy atom. The maximum absolute atomic E-state index is 10.1. The van der Waals surface area contributed by atoms with Crippen LogP contribution in [0.25, 0.3) is 0 Å². The zero-order valence-corrected chi connectivity index (χ0v) is 7.95. The van der Waals surface area contributed by atoms with Gasteiger partial charge in [0.15, 0.2) is 0 Å². The number of carbonyl (C=O) groups is 1. The van der Waals surface area contributed by atoms with Gasteiger partial charge >= 0.3 is 5.97 Å². The zero-order valence-electron chi connectivity index (χ0n) is 6.37. The normalized spacial score (nSPS) is 22.1. The van der Waals surface area contributed by atoms with Gasteiger partial charge in [0.2, 0.25) is 0 Å². The number of allylic oxidation sites excluding steroid dienone is 2. The number of aliphatic carboxylic acids is 1. The lowest BCUT2D eigenvalue weighted by molar-refractivity contribution is -0.143. The van der Waals surface area contributed by atoms with Crippen molar-refractivity contribution in [3.8, 4) is 0 Å². The van der Waals surface area contributed by atoms with E-state index in [0.717, 1.165) is 10.9 Å². The van der Waals surface area contributed by atoms with E-state index < -0.39 is 5.97 Å². The second-order valence-corrected chi connectivity index (χ2v) is 3.34. The number of carboxylic acids is 1. The molecule has 1 aliphatic carbocycles. The van der Waals surface area contributed by atoms with E-state index in [1.54, 1.807) is 0 Å². The standard InChI is InChI=1S/C8H9BrO3/c9-6-1-3-7(4-2-6)12-5-8(10)11/h1-3,7H,4-5H2,(H,10,11). The molecular formula is C8H9BrO3. The van der Waals surface area contributed by atoms with Crippen LogP contribution in [0.2, 0.25) is 0 Å². The summed E-state index contributed by atoms with van der Waals surface area (Å²) in [5, 5.41) is 8.32. The number of carboxylic acid groups (broad SMARTS) is 1. The second-order valence-electron chi connectivity index (χ2n) is 2.43. The molecule has 0 amide bonds. The quantitative estimate of drug-likeness (QED) is 0.806. The molecule has 0 fully saturated rings. The van der Waals surface area contributed by atoms with E-state index in [2.05, 4.69) is 15.9 Å². The Kier molecular flexibility index (Phi) is 3.49. The van der Waals surface area contributed by atoms with Crippen LogP contribution >= 0.6 is 15.9 Å². The molecule has 0 aromatic heterocycles. The molecular weight excluding hydrogens is 224 g/mol. The molecule has 0 aliphatic heterocycles. The topological polar surface area (TPSA) is 46.5 Å². The first-order valence-corrected chi connectivity index (χ1v) is 4.35. The number of halogens is 1. The molecule has 66 valence electrons. The highest BCUT2D eigenvalue weighted by atomic mass is 79.9. The van der Waals surface area contributed by atoms with Crippen molar-refractivity contribution in [1.29, 1.82) is 0 Å². The van der Waals surface area contributed by atoms with Gasteiger partial charge in [-0.15, -0.1) is 0 Å². The van der Waals surface area contributed by atoms with Gasteiger partial charge in [-0.05, 0) is 12.5 Å². The SMILES string of the molecule is O=C(O)COC1C=CC(Br)=CC1. The summed E-state index contributed by atoms with van der Waals surface area (Å²) in [4.78, 5) is 10.1. The minimum absolute atomic E-state index is 0.0950. The highest BCUT2D eigenvalue weighted by Gasteiger charge is 2.09. The molecule has 0 bridgehead atoms. The molecule has 3 nitrogen and oxygen atoms in total. The lowest BCUT2D eigenvalue weighted by atomic mass is 10.1. The molecule has 1 N–H and O–H groups in total. The van der Waals surface area contributed by atoms with Crippen molar-refractivity contribution >= 4 is 21.9 Å². The Morgan fingerprint density at radius 3 is 3.08 bits per heavy atom. The van der Waals surface area contributed by atoms with Gasteiger partial charge in [0.25, 0.3) is 0 Å². The Hall–Kier alpha value is -0.610. The van der Waals surface area contributed by atoms with Crippen LogP contribution in [-0.2, 0) is 9.53 Å². The first kappa shape index (κ1) is 9.48. The molecule has 0 radical (unpaired) electrons. The van der Waals surface area contributed by atoms with Gasteiger partial charge in [0.1, 0.15) is 6.61 Å². The molecule has 1 rings (SSSR count). The third kappa shape index (κ3) is 3.19. The first-order chi connectivity index (χ1) is 5.68. The largest absolute Gasteiger partial charge is 0.480 e. The number of hydrogen-bond acceptors (Lipinski definition) is 2. The van der Waals surface area contributed by atoms with Crippen LogP contribution in [0.3, 0.4) is 0 Å². The van der Waals surface area contributed by atoms with Gasteiger partial charge in [0.05, 0.1) is 6.10 Å². The minimum atomic E-state index is -0.933. The van der Waals surface area contributed by atoms with E-state index in [9.17, 15) is 4.79 Å². The van der Waals surface area contributed by atoms with Crippen molar-refractivity contribution in [2.75, 3.05) is 6.61 Å². The van der Waals surface area contributed by atoms with E-state index in [0.29, 0.717) is 0 Å². The summed E-state index contributed by atoms with van der Waals surface area (Å²) in [6.45, 7) is -0.236. The average Bonchev–Trinajstić information content (AvgIpc) is 2.03. The minimum Gasteiger partial charge on any atom is -0.480 e. The van der Waals surface area contributed by atoms with Crippen LogP contribution < -0.4 is 0 Å². The van der Waals surface area contributed by atoms with Crippen molar-refractivity contribution in [3.63, 3.8) is 0 Å². The van der Waals surface area contributed by atoms with Crippen LogP contribution in [0, 0.1) is 0 Å². The van der Waals surface area contributed by atoms with Gasteiger partial charge in [-0.2, -0.15) is 0 Å². The Labute approximate surface area is 78.8 Å². The number of hydrogen-bond donors (Lipinski definition) is 1. The summed E-state index contributed by atoms with van der Waals surface area (Å²) in [5.41, 5.74) is 0. The molecule has 1 aliphatic rings. The Balaban J connectivity index is 2.29. The van der Waals surface area contributed by atoms with E-state index in [4.69, 9.17) is 9.84 Å². The van der Waals surface area contributed by atoms with Gasteiger partial charge < -0.3 is 9.84 Å². The number of rotatable bonds is 3. The molecule has 1 unspecified atom stereocenters. The third-order valence-electron chi connectivity index (χ3n) is 1.44. The maximum Gasteiger partial charge on any atom is 0.329 e. The predicted octanol–water partition coefficient (Wildman–Crippen LogP) is 1.69. The van der Waals surface area contributed by atoms with Crippen molar-refractivity contribution in [2.24, 2.45) is 0 Å². The lowest BCUT2D eigenvalue weighted by Crippen LogP contribution is -2.16. The highest BCUT2D eigenvalue weighted by molar-refractivity contribution is 9.11. The third-order valence-corrected chi connectivity index (χ3v) is 2.02. The fourth-order valence-corrected chi connectivity index (χ4v) is 1.22. The van der Waals surface area contributed by atoms with Crippen molar-refractivity contribution in [3.05, 3.63) is 22.7 Å². The van der Waals surface area contributed by atoms with E-state index in [1.807, 2.05) is 18.2 Å². The summed E-state index contributed by atoms with van der Waals surface area (Å²) in [6, 6.07) is 0. The molecule has 0 saturated heterocycles. The summed E-state index contributed by atoms with van der Waals surface area (Å²) in [5.74, 6) is -0.933. The monoisotopic (exact) mass is 232 g/mol. The number of ether oxygens (including phenoxy) is 1. The van der Waals surface area contributed by atoms with E-state index in [-0.39, 0.29) is 12.7 Å². The molecule has 0 heterocycles. The van der Waals surface area contributed by atoms with Gasteiger partial charge in [-0.1, -0.05) is 28.1 Å². The van der Waals surface area contributed by atoms with Crippen molar-refractivity contribution < 1.29 is 14.6 Å². The van der Waals surface area contributed by atoms with Crippen LogP contribution in [0.4, 0.5) is 0 Å². The molecule has 0 aromatic carbocycles. The van der Waals surface area contributed by atoms with E-state index >= 15 is 0 Å². The zero-order chi connectivity index (χ0) is 8.97. The van der Waals surface area contributed by atoms with Crippen LogP contribution in [-0.4, -0.2) is 23.8 Å². The molecule has 1 atom stereocenters. The summed E-state index contributed by atoms with van der Waals surface area (Å²) < 4.78 is 6.05. The highest BCUT2D eigenvalue weighted by Crippen LogP contribution is 2.17. The molecule has 0 spiro atoms. The fraction of sp³-hybridized carbons (Fsp3) is 0.375. The predicted molar refractivity (Wildman–Crippen MR) is 48.1 cm³/mol. The summed E-state index contributed by atoms with van der Waals surface area (Å²) >= 11 is 3.30. The van der Waals surface area contributed by atoms with Gasteiger partial charge in [-0.3, -0.25) is 0 Å². The molecule has 12 heavy (non-hydrogen) atoms. The van der Waals surface area contributed by atoms with Gasteiger partial charge in [0, 0.05) is 4.48 Å². The van der Waals surface area contributed by atoms with Crippen molar-refractivity contribution in [1.82, 2.24) is 0 Å². The summed E-state index contributed by atoms with van der Waals surface area (Å²) in [6.07, 6.45) is 6.28. The van der Waals surface area contributed by atoms with Crippen LogP contribution in [0.5, 0.6) is 0 Å². The van der Waals surface area contributed by atoms with Gasteiger partial charge in [-0.25, -0.2) is 4.79 Å².